The zero-order chi connectivity index (χ0) is 20.1. The molecular weight excluding hydrogens is 396 g/mol. The summed E-state index contributed by atoms with van der Waals surface area (Å²) in [6.07, 6.45) is 8.24. The van der Waals surface area contributed by atoms with Crippen LogP contribution < -0.4 is 10.5 Å². The number of thiazole rings is 1. The summed E-state index contributed by atoms with van der Waals surface area (Å²) in [5, 5.41) is 13.2. The number of fused-ring (bicyclic) bond motifs is 2. The molecule has 1 aromatic carbocycles. The van der Waals surface area contributed by atoms with Crippen molar-refractivity contribution in [3.8, 4) is 22.8 Å². The summed E-state index contributed by atoms with van der Waals surface area (Å²) in [6, 6.07) is 10.1. The van der Waals surface area contributed by atoms with Gasteiger partial charge in [-0.05, 0) is 61.8 Å². The Morgan fingerprint density at radius 3 is 2.80 bits per heavy atom. The van der Waals surface area contributed by atoms with E-state index >= 15 is 0 Å². The normalized spacial score (nSPS) is 25.6. The second kappa shape index (κ2) is 7.14. The van der Waals surface area contributed by atoms with Crippen molar-refractivity contribution in [3.63, 3.8) is 0 Å². The number of aromatic nitrogens is 5. The molecule has 2 aliphatic rings. The van der Waals surface area contributed by atoms with E-state index < -0.39 is 0 Å². The topological polar surface area (TPSA) is 91.7 Å². The molecule has 2 unspecified atom stereocenters. The van der Waals surface area contributed by atoms with E-state index in [1.54, 1.807) is 17.5 Å². The molecule has 2 fully saturated rings. The highest BCUT2D eigenvalue weighted by Crippen LogP contribution is 2.48. The van der Waals surface area contributed by atoms with Gasteiger partial charge < -0.3 is 10.5 Å². The van der Waals surface area contributed by atoms with Gasteiger partial charge in [-0.1, -0.05) is 0 Å². The Morgan fingerprint density at radius 1 is 1.03 bits per heavy atom. The van der Waals surface area contributed by atoms with Gasteiger partial charge in [0.15, 0.2) is 0 Å². The number of hydrogen-bond donors (Lipinski definition) is 1. The molecule has 3 aromatic heterocycles. The van der Waals surface area contributed by atoms with E-state index in [9.17, 15) is 0 Å². The van der Waals surface area contributed by atoms with Gasteiger partial charge in [-0.3, -0.25) is 0 Å². The van der Waals surface area contributed by atoms with Crippen LogP contribution in [-0.4, -0.2) is 37.1 Å². The molecular formula is C22H22N6OS. The average Bonchev–Trinajstić information content (AvgIpc) is 3.14. The van der Waals surface area contributed by atoms with Crippen molar-refractivity contribution in [2.24, 2.45) is 17.6 Å². The summed E-state index contributed by atoms with van der Waals surface area (Å²) in [7, 11) is 0. The minimum absolute atomic E-state index is 0.138. The van der Waals surface area contributed by atoms with Crippen molar-refractivity contribution < 1.29 is 4.74 Å². The predicted molar refractivity (Wildman–Crippen MR) is 116 cm³/mol. The van der Waals surface area contributed by atoms with Crippen LogP contribution in [0.1, 0.15) is 25.7 Å². The molecule has 30 heavy (non-hydrogen) atoms. The van der Waals surface area contributed by atoms with Crippen molar-refractivity contribution in [2.45, 2.75) is 37.8 Å². The molecule has 0 saturated heterocycles. The number of hydrogen-bond acceptors (Lipinski definition) is 7. The zero-order valence-corrected chi connectivity index (χ0v) is 17.2. The first kappa shape index (κ1) is 18.0. The highest BCUT2D eigenvalue weighted by atomic mass is 32.1. The minimum atomic E-state index is 0.138. The standard InChI is InChI=1S/C22H22N6OS/c23-15-9-13-8-14(13)10-16(11-15)29-20-5-3-18(26-27-20)17-2-4-19(28-7-1-6-25-28)21-22(17)30-12-24-21/h1-7,12-16H,8-11,23H2/t13?,14-,15?,16-/m1/s1. The second-order valence-corrected chi connectivity index (χ2v) is 9.19. The fourth-order valence-electron chi connectivity index (χ4n) is 4.67. The van der Waals surface area contributed by atoms with Gasteiger partial charge in [-0.2, -0.15) is 5.10 Å². The summed E-state index contributed by atoms with van der Waals surface area (Å²) >= 11 is 1.60. The molecule has 8 heteroatoms. The smallest absolute Gasteiger partial charge is 0.233 e. The third kappa shape index (κ3) is 3.26. The van der Waals surface area contributed by atoms with Gasteiger partial charge in [0.05, 0.1) is 21.6 Å². The molecule has 3 heterocycles. The summed E-state index contributed by atoms with van der Waals surface area (Å²) in [6.45, 7) is 0. The van der Waals surface area contributed by atoms with E-state index in [0.717, 1.165) is 58.3 Å². The number of rotatable bonds is 4. The van der Waals surface area contributed by atoms with Crippen LogP contribution in [0.4, 0.5) is 0 Å². The molecule has 0 bridgehead atoms. The quantitative estimate of drug-likeness (QED) is 0.541. The first-order valence-electron chi connectivity index (χ1n) is 10.4. The van der Waals surface area contributed by atoms with Gasteiger partial charge in [0, 0.05) is 30.1 Å². The molecule has 0 amide bonds. The van der Waals surface area contributed by atoms with E-state index in [4.69, 9.17) is 10.5 Å². The highest BCUT2D eigenvalue weighted by molar-refractivity contribution is 7.17. The second-order valence-electron chi connectivity index (χ2n) is 8.33. The van der Waals surface area contributed by atoms with Crippen LogP contribution in [0.3, 0.4) is 0 Å². The lowest BCUT2D eigenvalue weighted by Gasteiger charge is -2.19. The lowest BCUT2D eigenvalue weighted by molar-refractivity contribution is 0.162. The average molecular weight is 419 g/mol. The molecule has 0 aliphatic heterocycles. The predicted octanol–water partition coefficient (Wildman–Crippen LogP) is 3.83. The van der Waals surface area contributed by atoms with Crippen LogP contribution in [0.15, 0.2) is 48.2 Å². The minimum Gasteiger partial charge on any atom is -0.473 e. The summed E-state index contributed by atoms with van der Waals surface area (Å²) in [4.78, 5) is 4.56. The van der Waals surface area contributed by atoms with E-state index in [0.29, 0.717) is 5.88 Å². The van der Waals surface area contributed by atoms with Gasteiger partial charge in [0.25, 0.3) is 0 Å². The van der Waals surface area contributed by atoms with Gasteiger partial charge in [0.2, 0.25) is 5.88 Å². The number of ether oxygens (including phenoxy) is 1. The largest absolute Gasteiger partial charge is 0.473 e. The van der Waals surface area contributed by atoms with E-state index in [1.165, 1.54) is 6.42 Å². The van der Waals surface area contributed by atoms with Crippen molar-refractivity contribution in [3.05, 3.63) is 48.2 Å². The molecule has 2 N–H and O–H groups in total. The maximum Gasteiger partial charge on any atom is 0.233 e. The number of nitrogens with zero attached hydrogens (tertiary/aromatic N) is 5. The molecule has 4 atom stereocenters. The Labute approximate surface area is 177 Å². The summed E-state index contributed by atoms with van der Waals surface area (Å²) in [5.41, 5.74) is 11.8. The Balaban J connectivity index is 1.26. The first-order chi connectivity index (χ1) is 14.7. The van der Waals surface area contributed by atoms with Crippen LogP contribution in [0.5, 0.6) is 5.88 Å². The lowest BCUT2D eigenvalue weighted by Crippen LogP contribution is -2.28. The third-order valence-corrected chi connectivity index (χ3v) is 7.08. The van der Waals surface area contributed by atoms with Gasteiger partial charge in [-0.25, -0.2) is 9.67 Å². The fraction of sp³-hybridized carbons (Fsp3) is 0.364. The summed E-state index contributed by atoms with van der Waals surface area (Å²) < 4.78 is 9.06. The number of benzene rings is 1. The Kier molecular flexibility index (Phi) is 4.28. The molecule has 0 spiro atoms. The van der Waals surface area contributed by atoms with Crippen molar-refractivity contribution >= 4 is 21.6 Å². The molecule has 2 aliphatic carbocycles. The van der Waals surface area contributed by atoms with Gasteiger partial charge in [0.1, 0.15) is 11.6 Å². The van der Waals surface area contributed by atoms with E-state index in [2.05, 4.69) is 26.3 Å². The highest BCUT2D eigenvalue weighted by Gasteiger charge is 2.43. The van der Waals surface area contributed by atoms with E-state index in [-0.39, 0.29) is 12.1 Å². The first-order valence-corrected chi connectivity index (χ1v) is 11.2. The molecule has 7 nitrogen and oxygen atoms in total. The Morgan fingerprint density at radius 2 is 1.97 bits per heavy atom. The maximum absolute atomic E-state index is 6.26. The van der Waals surface area contributed by atoms with Gasteiger partial charge >= 0.3 is 0 Å². The van der Waals surface area contributed by atoms with Crippen molar-refractivity contribution in [2.75, 3.05) is 0 Å². The van der Waals surface area contributed by atoms with Crippen LogP contribution in [0.2, 0.25) is 0 Å². The fourth-order valence-corrected chi connectivity index (χ4v) is 5.50. The van der Waals surface area contributed by atoms with Gasteiger partial charge in [-0.15, -0.1) is 21.5 Å². The van der Waals surface area contributed by atoms with Crippen molar-refractivity contribution in [1.82, 2.24) is 25.0 Å². The van der Waals surface area contributed by atoms with Crippen molar-refractivity contribution in [1.29, 1.82) is 0 Å². The van der Waals surface area contributed by atoms with E-state index in [1.807, 2.05) is 40.7 Å². The monoisotopic (exact) mass is 418 g/mol. The number of nitrogens with two attached hydrogens (primary N) is 1. The van der Waals surface area contributed by atoms with Crippen LogP contribution in [-0.2, 0) is 0 Å². The lowest BCUT2D eigenvalue weighted by atomic mass is 10.1. The summed E-state index contributed by atoms with van der Waals surface area (Å²) in [5.74, 6) is 2.17. The molecule has 152 valence electrons. The molecule has 4 aromatic rings. The molecule has 0 radical (unpaired) electrons. The van der Waals surface area contributed by atoms with Crippen LogP contribution >= 0.6 is 11.3 Å². The third-order valence-electron chi connectivity index (χ3n) is 6.22. The SMILES string of the molecule is NC1CC2C[C@@H]2C[C@@H](Oc2ccc(-c3ccc(-n4cccn4)c4ncsc34)nn2)C1. The molecule has 6 rings (SSSR count). The maximum atomic E-state index is 6.26. The van der Waals surface area contributed by atoms with Crippen LogP contribution in [0, 0.1) is 11.8 Å². The van der Waals surface area contributed by atoms with Crippen LogP contribution in [0.25, 0.3) is 27.2 Å². The zero-order valence-electron chi connectivity index (χ0n) is 16.4. The molecule has 2 saturated carbocycles. The Bertz CT molecular complexity index is 1170. The Hall–Kier alpha value is -2.84.